The van der Waals surface area contributed by atoms with E-state index in [4.69, 9.17) is 12.2 Å². The van der Waals surface area contributed by atoms with Gasteiger partial charge in [0.15, 0.2) is 10.6 Å². The van der Waals surface area contributed by atoms with E-state index in [1.807, 2.05) is 18.2 Å². The first-order valence-corrected chi connectivity index (χ1v) is 7.32. The van der Waals surface area contributed by atoms with E-state index < -0.39 is 0 Å². The van der Waals surface area contributed by atoms with Gasteiger partial charge < -0.3 is 0 Å². The molecule has 98 valence electrons. The van der Waals surface area contributed by atoms with Crippen LogP contribution in [-0.4, -0.2) is 19.7 Å². The molecule has 0 aliphatic heterocycles. The van der Waals surface area contributed by atoms with Crippen molar-refractivity contribution in [1.82, 2.24) is 19.7 Å². The van der Waals surface area contributed by atoms with Crippen molar-refractivity contribution in [3.05, 3.63) is 29.2 Å². The lowest BCUT2D eigenvalue weighted by Crippen LogP contribution is -2.17. The Hall–Kier alpha value is -1.49. The number of fused-ring (bicyclic) bond motifs is 2. The van der Waals surface area contributed by atoms with Crippen molar-refractivity contribution in [2.24, 2.45) is 11.8 Å². The fourth-order valence-corrected chi connectivity index (χ4v) is 4.08. The summed E-state index contributed by atoms with van der Waals surface area (Å²) < 4.78 is 2.94. The zero-order valence-electron chi connectivity index (χ0n) is 10.6. The van der Waals surface area contributed by atoms with Crippen LogP contribution in [0.1, 0.15) is 31.7 Å². The maximum atomic E-state index is 5.44. The van der Waals surface area contributed by atoms with E-state index in [0.29, 0.717) is 6.04 Å². The van der Waals surface area contributed by atoms with Gasteiger partial charge in [0.2, 0.25) is 0 Å². The second kappa shape index (κ2) is 4.27. The van der Waals surface area contributed by atoms with Gasteiger partial charge in [-0.15, -0.1) is 0 Å². The highest BCUT2D eigenvalue weighted by Gasteiger charge is 2.41. The highest BCUT2D eigenvalue weighted by molar-refractivity contribution is 7.71. The number of hydrogen-bond donors (Lipinski definition) is 1. The van der Waals surface area contributed by atoms with Gasteiger partial charge >= 0.3 is 0 Å². The van der Waals surface area contributed by atoms with Crippen molar-refractivity contribution in [2.75, 3.05) is 0 Å². The summed E-state index contributed by atoms with van der Waals surface area (Å²) in [6.07, 6.45) is 7.14. The van der Waals surface area contributed by atoms with Gasteiger partial charge in [0.05, 0.1) is 0 Å². The Morgan fingerprint density at radius 2 is 2.21 bits per heavy atom. The number of H-pyrrole nitrogens is 1. The van der Waals surface area contributed by atoms with E-state index in [0.717, 1.165) is 28.1 Å². The largest absolute Gasteiger partial charge is 0.295 e. The van der Waals surface area contributed by atoms with Gasteiger partial charge in [0.25, 0.3) is 0 Å². The fraction of sp³-hybridized carbons (Fsp3) is 0.500. The van der Waals surface area contributed by atoms with Crippen molar-refractivity contribution in [3.8, 4) is 11.5 Å². The highest BCUT2D eigenvalue weighted by atomic mass is 32.1. The molecule has 2 aromatic rings. The Labute approximate surface area is 116 Å². The summed E-state index contributed by atoms with van der Waals surface area (Å²) in [4.78, 5) is 4.41. The molecular formula is C14H16N4S. The first kappa shape index (κ1) is 11.3. The molecule has 2 fully saturated rings. The topological polar surface area (TPSA) is 46.5 Å². The molecule has 2 bridgehead atoms. The minimum atomic E-state index is 0.516. The summed E-state index contributed by atoms with van der Waals surface area (Å²) in [6, 6.07) is 6.42. The Bertz CT molecular complexity index is 645. The van der Waals surface area contributed by atoms with E-state index >= 15 is 0 Å². The zero-order chi connectivity index (χ0) is 12.8. The molecule has 0 aromatic carbocycles. The van der Waals surface area contributed by atoms with E-state index in [9.17, 15) is 0 Å². The number of nitrogens with zero attached hydrogens (tertiary/aromatic N) is 3. The Morgan fingerprint density at radius 1 is 1.26 bits per heavy atom. The molecule has 0 spiro atoms. The van der Waals surface area contributed by atoms with Crippen molar-refractivity contribution in [2.45, 2.75) is 31.7 Å². The summed E-state index contributed by atoms with van der Waals surface area (Å²) >= 11 is 5.44. The molecule has 5 heteroatoms. The predicted octanol–water partition coefficient (Wildman–Crippen LogP) is 3.36. The van der Waals surface area contributed by atoms with E-state index in [-0.39, 0.29) is 0 Å². The number of aromatic amines is 1. The highest BCUT2D eigenvalue weighted by Crippen LogP contribution is 2.51. The first-order chi connectivity index (χ1) is 9.33. The molecule has 4 nitrogen and oxygen atoms in total. The van der Waals surface area contributed by atoms with Crippen LogP contribution in [0.25, 0.3) is 11.5 Å². The molecule has 2 aliphatic carbocycles. The normalized spacial score (nSPS) is 28.9. The van der Waals surface area contributed by atoms with Crippen LogP contribution in [0.4, 0.5) is 0 Å². The van der Waals surface area contributed by atoms with Crippen molar-refractivity contribution >= 4 is 12.2 Å². The monoisotopic (exact) mass is 272 g/mol. The average Bonchev–Trinajstić information content (AvgIpc) is 3.14. The number of nitrogens with one attached hydrogen (secondary N) is 1. The second-order valence-electron chi connectivity index (χ2n) is 5.68. The predicted molar refractivity (Wildman–Crippen MR) is 75.1 cm³/mol. The van der Waals surface area contributed by atoms with Crippen molar-refractivity contribution in [1.29, 1.82) is 0 Å². The third-order valence-corrected chi connectivity index (χ3v) is 4.92. The third kappa shape index (κ3) is 1.75. The Balaban J connectivity index is 1.80. The van der Waals surface area contributed by atoms with E-state index in [1.54, 1.807) is 6.20 Å². The van der Waals surface area contributed by atoms with Crippen molar-refractivity contribution in [3.63, 3.8) is 0 Å². The van der Waals surface area contributed by atoms with Crippen LogP contribution in [0.15, 0.2) is 24.4 Å². The summed E-state index contributed by atoms with van der Waals surface area (Å²) in [5.41, 5.74) is 0.901. The molecule has 2 aromatic heterocycles. The Morgan fingerprint density at radius 3 is 2.89 bits per heavy atom. The van der Waals surface area contributed by atoms with Crippen LogP contribution in [-0.2, 0) is 0 Å². The quantitative estimate of drug-likeness (QED) is 0.853. The molecule has 0 radical (unpaired) electrons. The third-order valence-electron chi connectivity index (χ3n) is 4.63. The molecule has 2 aliphatic rings. The maximum absolute atomic E-state index is 5.44. The summed E-state index contributed by atoms with van der Waals surface area (Å²) in [5.74, 6) is 2.56. The molecular weight excluding hydrogens is 256 g/mol. The molecule has 0 saturated heterocycles. The lowest BCUT2D eigenvalue weighted by Gasteiger charge is -2.24. The minimum absolute atomic E-state index is 0.516. The van der Waals surface area contributed by atoms with E-state index in [2.05, 4.69) is 19.7 Å². The van der Waals surface area contributed by atoms with Gasteiger partial charge in [-0.1, -0.05) is 12.5 Å². The molecule has 4 rings (SSSR count). The lowest BCUT2D eigenvalue weighted by atomic mass is 9.95. The Kier molecular flexibility index (Phi) is 2.55. The minimum Gasteiger partial charge on any atom is -0.295 e. The fourth-order valence-electron chi connectivity index (χ4n) is 3.82. The first-order valence-electron chi connectivity index (χ1n) is 6.91. The van der Waals surface area contributed by atoms with Crippen LogP contribution in [0.5, 0.6) is 0 Å². The van der Waals surface area contributed by atoms with Gasteiger partial charge in [-0.3, -0.25) is 14.6 Å². The van der Waals surface area contributed by atoms with Crippen LogP contribution in [0, 0.1) is 16.6 Å². The van der Waals surface area contributed by atoms with Crippen LogP contribution in [0.2, 0.25) is 0 Å². The molecule has 3 atom stereocenters. The lowest BCUT2D eigenvalue weighted by molar-refractivity contribution is 0.329. The second-order valence-corrected chi connectivity index (χ2v) is 6.07. The average molecular weight is 272 g/mol. The van der Waals surface area contributed by atoms with Gasteiger partial charge in [0, 0.05) is 12.2 Å². The molecule has 1 N–H and O–H groups in total. The maximum Gasteiger partial charge on any atom is 0.195 e. The number of pyridine rings is 1. The standard InChI is InChI=1S/C14H16N4S/c19-14-17-16-13(11-3-1-2-6-15-11)18(14)12-8-9-4-5-10(12)7-9/h1-3,6,9-10,12H,4-5,7-8H2,(H,17,19). The number of hydrogen-bond acceptors (Lipinski definition) is 3. The van der Waals surface area contributed by atoms with Crippen LogP contribution in [0.3, 0.4) is 0 Å². The van der Waals surface area contributed by atoms with Crippen LogP contribution < -0.4 is 0 Å². The molecule has 3 unspecified atom stereocenters. The molecule has 2 heterocycles. The number of rotatable bonds is 2. The van der Waals surface area contributed by atoms with Gasteiger partial charge in [-0.25, -0.2) is 0 Å². The SMILES string of the molecule is S=c1[nH]nc(-c2ccccn2)n1C1CC2CCC1C2. The zero-order valence-corrected chi connectivity index (χ0v) is 11.4. The van der Waals surface area contributed by atoms with Crippen LogP contribution >= 0.6 is 12.2 Å². The summed E-state index contributed by atoms with van der Waals surface area (Å²) in [5, 5.41) is 7.35. The van der Waals surface area contributed by atoms with Gasteiger partial charge in [-0.2, -0.15) is 5.10 Å². The van der Waals surface area contributed by atoms with E-state index in [1.165, 1.54) is 25.7 Å². The van der Waals surface area contributed by atoms with Crippen molar-refractivity contribution < 1.29 is 0 Å². The molecule has 0 amide bonds. The number of aromatic nitrogens is 4. The van der Waals surface area contributed by atoms with Gasteiger partial charge in [-0.05, 0) is 55.4 Å². The summed E-state index contributed by atoms with van der Waals surface area (Å²) in [6.45, 7) is 0. The smallest absolute Gasteiger partial charge is 0.195 e. The molecule has 2 saturated carbocycles. The van der Waals surface area contributed by atoms with Gasteiger partial charge in [0.1, 0.15) is 5.69 Å². The molecule has 19 heavy (non-hydrogen) atoms. The summed E-state index contributed by atoms with van der Waals surface area (Å²) in [7, 11) is 0.